The van der Waals surface area contributed by atoms with Crippen molar-refractivity contribution in [2.75, 3.05) is 20.3 Å². The molecule has 6 heteroatoms. The molecule has 0 saturated carbocycles. The number of hydrogen-bond donors (Lipinski definition) is 1. The van der Waals surface area contributed by atoms with E-state index in [1.807, 2.05) is 18.2 Å². The molecule has 0 heterocycles. The van der Waals surface area contributed by atoms with Crippen LogP contribution >= 0.6 is 15.9 Å². The van der Waals surface area contributed by atoms with Crippen molar-refractivity contribution in [3.63, 3.8) is 0 Å². The molecule has 0 spiro atoms. The van der Waals surface area contributed by atoms with E-state index < -0.39 is 0 Å². The number of halogens is 1. The van der Waals surface area contributed by atoms with E-state index in [0.717, 1.165) is 10.0 Å². The first-order valence-electron chi connectivity index (χ1n) is 7.02. The summed E-state index contributed by atoms with van der Waals surface area (Å²) in [5, 5.41) is 2.72. The maximum atomic E-state index is 11.7. The molecule has 0 saturated heterocycles. The van der Waals surface area contributed by atoms with E-state index in [2.05, 4.69) is 21.2 Å². The Hall–Kier alpha value is -1.82. The first kappa shape index (κ1) is 18.2. The van der Waals surface area contributed by atoms with Gasteiger partial charge in [-0.1, -0.05) is 15.9 Å². The predicted octanol–water partition coefficient (Wildman–Crippen LogP) is 2.93. The maximum absolute atomic E-state index is 11.7. The summed E-state index contributed by atoms with van der Waals surface area (Å²) in [5.74, 6) is 0.228. The van der Waals surface area contributed by atoms with Crippen LogP contribution in [0.4, 0.5) is 0 Å². The zero-order valence-electron chi connectivity index (χ0n) is 12.7. The molecule has 0 aliphatic heterocycles. The Bertz CT molecular complexity index is 543. The van der Waals surface area contributed by atoms with E-state index in [-0.39, 0.29) is 11.9 Å². The number of methoxy groups -OCH3 is 1. The maximum Gasteiger partial charge on any atom is 0.305 e. The van der Waals surface area contributed by atoms with Crippen molar-refractivity contribution in [2.45, 2.75) is 19.8 Å². The normalized spacial score (nSPS) is 10.5. The quantitative estimate of drug-likeness (QED) is 0.434. The highest BCUT2D eigenvalue weighted by molar-refractivity contribution is 9.10. The van der Waals surface area contributed by atoms with Crippen LogP contribution < -0.4 is 10.1 Å². The molecule has 1 aromatic rings. The molecule has 0 fully saturated rings. The van der Waals surface area contributed by atoms with E-state index in [1.165, 1.54) is 6.08 Å². The lowest BCUT2D eigenvalue weighted by Crippen LogP contribution is -2.22. The van der Waals surface area contributed by atoms with Gasteiger partial charge in [0, 0.05) is 29.1 Å². The molecule has 120 valence electrons. The van der Waals surface area contributed by atoms with Gasteiger partial charge in [0.1, 0.15) is 5.75 Å². The minimum Gasteiger partial charge on any atom is -0.496 e. The summed E-state index contributed by atoms with van der Waals surface area (Å²) in [7, 11) is 1.58. The molecule has 1 aromatic carbocycles. The highest BCUT2D eigenvalue weighted by atomic mass is 79.9. The molecule has 0 aliphatic carbocycles. The molecule has 1 N–H and O–H groups in total. The number of carbonyl (C=O) groups is 2. The summed E-state index contributed by atoms with van der Waals surface area (Å²) < 4.78 is 10.9. The number of amides is 1. The van der Waals surface area contributed by atoms with Crippen molar-refractivity contribution in [1.29, 1.82) is 0 Å². The van der Waals surface area contributed by atoms with Crippen molar-refractivity contribution in [1.82, 2.24) is 5.32 Å². The molecular formula is C16H20BrNO4. The molecular weight excluding hydrogens is 350 g/mol. The summed E-state index contributed by atoms with van der Waals surface area (Å²) in [6.45, 7) is 2.57. The van der Waals surface area contributed by atoms with Crippen molar-refractivity contribution >= 4 is 33.9 Å². The van der Waals surface area contributed by atoms with Gasteiger partial charge in [-0.05, 0) is 37.6 Å². The number of carbonyl (C=O) groups excluding carboxylic acids is 2. The Morgan fingerprint density at radius 3 is 2.82 bits per heavy atom. The summed E-state index contributed by atoms with van der Waals surface area (Å²) in [6, 6.07) is 5.55. The first-order valence-corrected chi connectivity index (χ1v) is 7.81. The largest absolute Gasteiger partial charge is 0.496 e. The Morgan fingerprint density at radius 1 is 1.36 bits per heavy atom. The van der Waals surface area contributed by atoms with Crippen molar-refractivity contribution in [3.8, 4) is 5.75 Å². The third-order valence-electron chi connectivity index (χ3n) is 2.77. The highest BCUT2D eigenvalue weighted by Gasteiger charge is 2.03. The number of rotatable bonds is 8. The third kappa shape index (κ3) is 6.76. The van der Waals surface area contributed by atoms with Crippen LogP contribution in [0.15, 0.2) is 28.7 Å². The fourth-order valence-corrected chi connectivity index (χ4v) is 2.12. The molecule has 0 bridgehead atoms. The summed E-state index contributed by atoms with van der Waals surface area (Å²) in [5.41, 5.74) is 0.804. The van der Waals surface area contributed by atoms with E-state index in [4.69, 9.17) is 9.47 Å². The Balaban J connectivity index is 2.42. The van der Waals surface area contributed by atoms with E-state index >= 15 is 0 Å². The van der Waals surface area contributed by atoms with Crippen LogP contribution in [0.5, 0.6) is 5.75 Å². The topological polar surface area (TPSA) is 64.6 Å². The number of esters is 1. The second-order valence-corrected chi connectivity index (χ2v) is 5.33. The highest BCUT2D eigenvalue weighted by Crippen LogP contribution is 2.23. The molecule has 0 aromatic heterocycles. The van der Waals surface area contributed by atoms with Gasteiger partial charge >= 0.3 is 5.97 Å². The van der Waals surface area contributed by atoms with Crippen molar-refractivity contribution in [2.24, 2.45) is 0 Å². The van der Waals surface area contributed by atoms with Crippen LogP contribution in [0.2, 0.25) is 0 Å². The van der Waals surface area contributed by atoms with Crippen LogP contribution in [0.3, 0.4) is 0 Å². The fraction of sp³-hybridized carbons (Fsp3) is 0.375. The van der Waals surface area contributed by atoms with Crippen molar-refractivity contribution in [3.05, 3.63) is 34.3 Å². The second kappa shape index (κ2) is 10.00. The van der Waals surface area contributed by atoms with Gasteiger partial charge in [-0.3, -0.25) is 9.59 Å². The minimum absolute atomic E-state index is 0.217. The van der Waals surface area contributed by atoms with E-state index in [9.17, 15) is 9.59 Å². The number of nitrogens with one attached hydrogen (secondary N) is 1. The molecule has 0 radical (unpaired) electrons. The predicted molar refractivity (Wildman–Crippen MR) is 88.6 cm³/mol. The van der Waals surface area contributed by atoms with Gasteiger partial charge in [0.2, 0.25) is 5.91 Å². The van der Waals surface area contributed by atoms with E-state index in [1.54, 1.807) is 20.1 Å². The number of ether oxygens (including phenoxy) is 2. The molecule has 5 nitrogen and oxygen atoms in total. The molecule has 1 rings (SSSR count). The van der Waals surface area contributed by atoms with Gasteiger partial charge in [-0.15, -0.1) is 0 Å². The zero-order valence-corrected chi connectivity index (χ0v) is 14.3. The summed E-state index contributed by atoms with van der Waals surface area (Å²) >= 11 is 3.38. The average molecular weight is 370 g/mol. The third-order valence-corrected chi connectivity index (χ3v) is 3.26. The van der Waals surface area contributed by atoms with Gasteiger partial charge in [0.25, 0.3) is 0 Å². The van der Waals surface area contributed by atoms with Crippen LogP contribution in [-0.2, 0) is 14.3 Å². The molecule has 0 aliphatic rings. The lowest BCUT2D eigenvalue weighted by molar-refractivity contribution is -0.143. The smallest absolute Gasteiger partial charge is 0.305 e. The van der Waals surface area contributed by atoms with Crippen LogP contribution in [0.25, 0.3) is 6.08 Å². The lowest BCUT2D eigenvalue weighted by Gasteiger charge is -2.05. The van der Waals surface area contributed by atoms with Gasteiger partial charge in [0.05, 0.1) is 13.7 Å². The molecule has 1 amide bonds. The minimum atomic E-state index is -0.244. The van der Waals surface area contributed by atoms with Gasteiger partial charge in [0.15, 0.2) is 0 Å². The average Bonchev–Trinajstić information content (AvgIpc) is 2.50. The zero-order chi connectivity index (χ0) is 16.4. The number of benzene rings is 1. The summed E-state index contributed by atoms with van der Waals surface area (Å²) in [6.07, 6.45) is 3.98. The fourth-order valence-electron chi connectivity index (χ4n) is 1.74. The van der Waals surface area contributed by atoms with Gasteiger partial charge in [-0.2, -0.15) is 0 Å². The Labute approximate surface area is 138 Å². The monoisotopic (exact) mass is 369 g/mol. The van der Waals surface area contributed by atoms with Crippen LogP contribution in [0.1, 0.15) is 25.3 Å². The van der Waals surface area contributed by atoms with Crippen molar-refractivity contribution < 1.29 is 19.1 Å². The SMILES string of the molecule is CCOC(=O)CCCNC(=O)/C=C/c1cc(Br)ccc1OC. The standard InChI is InChI=1S/C16H20BrNO4/c1-3-22-16(20)5-4-10-18-15(19)9-6-12-11-13(17)7-8-14(12)21-2/h6-9,11H,3-5,10H2,1-2H3,(H,18,19)/b9-6+. The lowest BCUT2D eigenvalue weighted by atomic mass is 10.2. The molecule has 0 atom stereocenters. The Kier molecular flexibility index (Phi) is 8.28. The van der Waals surface area contributed by atoms with Gasteiger partial charge < -0.3 is 14.8 Å². The summed E-state index contributed by atoms with van der Waals surface area (Å²) in [4.78, 5) is 22.8. The molecule has 22 heavy (non-hydrogen) atoms. The van der Waals surface area contributed by atoms with E-state index in [0.29, 0.717) is 31.7 Å². The molecule has 0 unspecified atom stereocenters. The van der Waals surface area contributed by atoms with Crippen LogP contribution in [-0.4, -0.2) is 32.1 Å². The first-order chi connectivity index (χ1) is 10.6. The van der Waals surface area contributed by atoms with Gasteiger partial charge in [-0.25, -0.2) is 0 Å². The number of hydrogen-bond acceptors (Lipinski definition) is 4. The Morgan fingerprint density at radius 2 is 2.14 bits per heavy atom. The second-order valence-electron chi connectivity index (χ2n) is 4.42. The van der Waals surface area contributed by atoms with Crippen LogP contribution in [0, 0.1) is 0 Å².